The highest BCUT2D eigenvalue weighted by molar-refractivity contribution is 6.26. The van der Waals surface area contributed by atoms with Crippen LogP contribution in [0.15, 0.2) is 28.9 Å². The predicted octanol–water partition coefficient (Wildman–Crippen LogP) is 8.86. The Morgan fingerprint density at radius 3 is 1.91 bits per heavy atom. The van der Waals surface area contributed by atoms with Crippen molar-refractivity contribution >= 4 is 23.4 Å². The number of oxime groups is 1. The number of hydrogen-bond acceptors (Lipinski definition) is 4. The zero-order chi connectivity index (χ0) is 25.7. The van der Waals surface area contributed by atoms with Gasteiger partial charge in [0, 0.05) is 24.2 Å². The molecule has 2 rings (SSSR count). The Balaban J connectivity index is 2.10. The molecule has 0 saturated heterocycles. The van der Waals surface area contributed by atoms with Gasteiger partial charge in [0.05, 0.1) is 5.57 Å². The zero-order valence-corrected chi connectivity index (χ0v) is 23.4. The first-order chi connectivity index (χ1) is 16.8. The number of aryl methyl sites for hydroxylation is 1. The third-order valence-corrected chi connectivity index (χ3v) is 6.89. The van der Waals surface area contributed by atoms with Crippen LogP contribution in [0.1, 0.15) is 123 Å². The average Bonchev–Trinajstić information content (AvgIpc) is 3.19. The topological polar surface area (TPSA) is 41.9 Å². The number of rotatable bonds is 16. The Labute approximate surface area is 215 Å². The summed E-state index contributed by atoms with van der Waals surface area (Å²) in [4.78, 5) is 19.9. The molecule has 1 aliphatic rings. The van der Waals surface area contributed by atoms with Crippen LogP contribution in [0.3, 0.4) is 0 Å². The molecule has 0 fully saturated rings. The van der Waals surface area contributed by atoms with Crippen molar-refractivity contribution < 1.29 is 9.63 Å². The van der Waals surface area contributed by atoms with Crippen molar-refractivity contribution in [3.63, 3.8) is 0 Å². The molecule has 0 radical (unpaired) electrons. The fourth-order valence-corrected chi connectivity index (χ4v) is 4.66. The minimum Gasteiger partial charge on any atom is -0.372 e. The van der Waals surface area contributed by atoms with Crippen molar-refractivity contribution in [2.75, 3.05) is 18.0 Å². The molecule has 0 bridgehead atoms. The lowest BCUT2D eigenvalue weighted by Crippen LogP contribution is -2.26. The average molecular weight is 483 g/mol. The molecule has 0 aromatic heterocycles. The molecule has 35 heavy (non-hydrogen) atoms. The lowest BCUT2D eigenvalue weighted by Gasteiger charge is -2.26. The van der Waals surface area contributed by atoms with Gasteiger partial charge >= 0.3 is 5.97 Å². The quantitative estimate of drug-likeness (QED) is 0.134. The number of anilines is 1. The Kier molecular flexibility index (Phi) is 12.6. The van der Waals surface area contributed by atoms with Crippen LogP contribution in [-0.2, 0) is 9.63 Å². The number of carbonyl (C=O) groups is 1. The fraction of sp³-hybridized carbons (Fsp3) is 0.677. The number of benzene rings is 1. The monoisotopic (exact) mass is 482 g/mol. The molecule has 1 aliphatic heterocycles. The molecule has 0 saturated carbocycles. The first-order valence-corrected chi connectivity index (χ1v) is 14.2. The lowest BCUT2D eigenvalue weighted by molar-refractivity contribution is -0.136. The smallest absolute Gasteiger partial charge is 0.367 e. The van der Waals surface area contributed by atoms with E-state index in [9.17, 15) is 4.79 Å². The molecular weight excluding hydrogens is 432 g/mol. The van der Waals surface area contributed by atoms with Gasteiger partial charge in [-0.2, -0.15) is 0 Å². The summed E-state index contributed by atoms with van der Waals surface area (Å²) in [7, 11) is 0. The first kappa shape index (κ1) is 29.1. The maximum Gasteiger partial charge on any atom is 0.367 e. The van der Waals surface area contributed by atoms with Crippen LogP contribution in [0.5, 0.6) is 0 Å². The van der Waals surface area contributed by atoms with Gasteiger partial charge in [0.2, 0.25) is 0 Å². The van der Waals surface area contributed by atoms with Crippen molar-refractivity contribution in [1.82, 2.24) is 0 Å². The number of carbonyl (C=O) groups excluding carboxylic acids is 1. The van der Waals surface area contributed by atoms with Gasteiger partial charge in [-0.05, 0) is 49.1 Å². The van der Waals surface area contributed by atoms with Crippen LogP contribution in [0.25, 0.3) is 6.08 Å². The molecule has 0 aliphatic carbocycles. The van der Waals surface area contributed by atoms with Gasteiger partial charge in [-0.25, -0.2) is 4.79 Å². The van der Waals surface area contributed by atoms with Crippen LogP contribution in [0.2, 0.25) is 0 Å². The maximum absolute atomic E-state index is 12.3. The fourth-order valence-electron chi connectivity index (χ4n) is 4.66. The minimum atomic E-state index is -0.355. The van der Waals surface area contributed by atoms with E-state index < -0.39 is 0 Å². The second-order valence-electron chi connectivity index (χ2n) is 11.2. The summed E-state index contributed by atoms with van der Waals surface area (Å²) in [5.41, 5.74) is 4.59. The summed E-state index contributed by atoms with van der Waals surface area (Å²) in [5, 5.41) is 4.05. The Hall–Kier alpha value is -2.10. The first-order valence-electron chi connectivity index (χ1n) is 14.2. The van der Waals surface area contributed by atoms with E-state index in [4.69, 9.17) is 4.84 Å². The number of nitrogens with zero attached hydrogens (tertiary/aromatic N) is 2. The molecule has 0 spiro atoms. The second kappa shape index (κ2) is 15.1. The largest absolute Gasteiger partial charge is 0.372 e. The van der Waals surface area contributed by atoms with Gasteiger partial charge in [-0.3, -0.25) is 0 Å². The van der Waals surface area contributed by atoms with Crippen LogP contribution in [0.4, 0.5) is 5.69 Å². The Morgan fingerprint density at radius 2 is 1.40 bits per heavy atom. The molecule has 1 heterocycles. The van der Waals surface area contributed by atoms with Gasteiger partial charge in [0.1, 0.15) is 5.71 Å². The zero-order valence-electron chi connectivity index (χ0n) is 23.4. The molecule has 0 atom stereocenters. The third kappa shape index (κ3) is 9.82. The molecule has 1 aromatic rings. The molecule has 1 aromatic carbocycles. The van der Waals surface area contributed by atoms with Gasteiger partial charge in [-0.1, -0.05) is 110 Å². The van der Waals surface area contributed by atoms with Gasteiger partial charge in [0.25, 0.3) is 0 Å². The summed E-state index contributed by atoms with van der Waals surface area (Å²) in [5.74, 6) is -0.355. The summed E-state index contributed by atoms with van der Waals surface area (Å²) in [6.45, 7) is 15.1. The van der Waals surface area contributed by atoms with Crippen molar-refractivity contribution in [2.45, 2.75) is 119 Å². The van der Waals surface area contributed by atoms with E-state index in [0.29, 0.717) is 5.57 Å². The number of unbranched alkanes of at least 4 members (excludes halogenated alkanes) is 10. The molecule has 4 nitrogen and oxygen atoms in total. The highest BCUT2D eigenvalue weighted by Gasteiger charge is 2.33. The summed E-state index contributed by atoms with van der Waals surface area (Å²) < 4.78 is 0. The van der Waals surface area contributed by atoms with E-state index in [1.54, 1.807) is 0 Å². The highest BCUT2D eigenvalue weighted by Crippen LogP contribution is 2.30. The van der Waals surface area contributed by atoms with E-state index >= 15 is 0 Å². The van der Waals surface area contributed by atoms with Crippen LogP contribution in [-0.4, -0.2) is 24.8 Å². The van der Waals surface area contributed by atoms with Gasteiger partial charge < -0.3 is 9.74 Å². The van der Waals surface area contributed by atoms with E-state index in [1.165, 1.54) is 88.3 Å². The van der Waals surface area contributed by atoms with Gasteiger partial charge in [-0.15, -0.1) is 0 Å². The van der Waals surface area contributed by atoms with Crippen LogP contribution in [0, 0.1) is 12.3 Å². The molecule has 0 amide bonds. The number of hydrogen-bond donors (Lipinski definition) is 0. The van der Waals surface area contributed by atoms with E-state index in [-0.39, 0.29) is 11.4 Å². The lowest BCUT2D eigenvalue weighted by atomic mass is 9.85. The Bertz CT molecular complexity index is 832. The SMILES string of the molecule is CCCCCCCCN(CCCCCCCC)c1ccc(/C=C2\C(=O)ON=C2C(C)(C)C)c(C)c1. The maximum atomic E-state index is 12.3. The van der Waals surface area contributed by atoms with Gasteiger partial charge in [0.15, 0.2) is 0 Å². The minimum absolute atomic E-state index is 0.239. The van der Waals surface area contributed by atoms with E-state index in [0.717, 1.165) is 24.4 Å². The summed E-state index contributed by atoms with van der Waals surface area (Å²) in [6, 6.07) is 6.66. The van der Waals surface area contributed by atoms with E-state index in [2.05, 4.69) is 69.8 Å². The predicted molar refractivity (Wildman–Crippen MR) is 151 cm³/mol. The Morgan fingerprint density at radius 1 is 0.857 bits per heavy atom. The van der Waals surface area contributed by atoms with E-state index in [1.807, 2.05) is 6.08 Å². The van der Waals surface area contributed by atoms with Crippen molar-refractivity contribution in [3.05, 3.63) is 34.9 Å². The van der Waals surface area contributed by atoms with Crippen LogP contribution >= 0.6 is 0 Å². The summed E-state index contributed by atoms with van der Waals surface area (Å²) in [6.07, 6.45) is 17.8. The molecule has 196 valence electrons. The standard InChI is InChI=1S/C31H50N2O2/c1-7-9-11-13-15-17-21-33(22-18-16-14-12-10-8-2)27-20-19-26(25(3)23-27)24-28-29(31(4,5)6)32-35-30(28)34/h19-20,23-24H,7-18,21-22H2,1-6H3/b28-24-. The normalized spacial score (nSPS) is 15.0. The third-order valence-electron chi connectivity index (χ3n) is 6.89. The molecule has 4 heteroatoms. The molecule has 0 unspecified atom stereocenters. The molecule has 0 N–H and O–H groups in total. The second-order valence-corrected chi connectivity index (χ2v) is 11.2. The highest BCUT2D eigenvalue weighted by atomic mass is 16.7. The van der Waals surface area contributed by atoms with Crippen molar-refractivity contribution in [2.24, 2.45) is 10.6 Å². The van der Waals surface area contributed by atoms with Crippen LogP contribution < -0.4 is 4.90 Å². The molecular formula is C31H50N2O2. The summed E-state index contributed by atoms with van der Waals surface area (Å²) >= 11 is 0. The van der Waals surface area contributed by atoms with Crippen molar-refractivity contribution in [1.29, 1.82) is 0 Å². The van der Waals surface area contributed by atoms with Crippen molar-refractivity contribution in [3.8, 4) is 0 Å².